The molecule has 0 atom stereocenters. The average molecular weight is 282 g/mol. The maximum atomic E-state index is 12.6. The van der Waals surface area contributed by atoms with E-state index in [0.717, 1.165) is 17.8 Å². The molecule has 0 amide bonds. The molecule has 0 aliphatic rings. The fraction of sp³-hybridized carbons (Fsp3) is 0.214. The topological polar surface area (TPSA) is 48.1 Å². The van der Waals surface area contributed by atoms with Crippen molar-refractivity contribution in [2.75, 3.05) is 12.3 Å². The van der Waals surface area contributed by atoms with E-state index in [1.54, 1.807) is 12.3 Å². The highest BCUT2D eigenvalue weighted by Gasteiger charge is 2.31. The number of hydrogen-bond acceptors (Lipinski definition) is 3. The third-order valence-electron chi connectivity index (χ3n) is 2.61. The molecule has 1 aromatic heterocycles. The lowest BCUT2D eigenvalue weighted by Gasteiger charge is -2.11. The van der Waals surface area contributed by atoms with Gasteiger partial charge in [0, 0.05) is 30.1 Å². The number of aromatic nitrogens is 1. The largest absolute Gasteiger partial charge is 0.493 e. The number of nitrogens with two attached hydrogens (primary N) is 1. The second kappa shape index (κ2) is 5.81. The minimum Gasteiger partial charge on any atom is -0.493 e. The quantitative estimate of drug-likeness (QED) is 0.875. The van der Waals surface area contributed by atoms with Crippen LogP contribution >= 0.6 is 0 Å². The van der Waals surface area contributed by atoms with Gasteiger partial charge in [0.1, 0.15) is 5.75 Å². The molecular weight excluding hydrogens is 269 g/mol. The van der Waals surface area contributed by atoms with Crippen LogP contribution in [0.3, 0.4) is 0 Å². The number of nitrogen functional groups attached to an aromatic ring is 1. The molecule has 0 spiro atoms. The summed E-state index contributed by atoms with van der Waals surface area (Å²) in [6, 6.07) is 8.64. The van der Waals surface area contributed by atoms with Crippen LogP contribution in [-0.2, 0) is 12.6 Å². The Morgan fingerprint density at radius 1 is 1.15 bits per heavy atom. The summed E-state index contributed by atoms with van der Waals surface area (Å²) < 4.78 is 43.1. The molecule has 20 heavy (non-hydrogen) atoms. The lowest BCUT2D eigenvalue weighted by Crippen LogP contribution is -2.08. The SMILES string of the molecule is Nc1cc(OCCc2ccccn2)cc(C(F)(F)F)c1. The fourth-order valence-electron chi connectivity index (χ4n) is 1.69. The van der Waals surface area contributed by atoms with Crippen LogP contribution in [0.2, 0.25) is 0 Å². The van der Waals surface area contributed by atoms with Crippen molar-refractivity contribution in [1.82, 2.24) is 4.98 Å². The normalized spacial score (nSPS) is 11.3. The van der Waals surface area contributed by atoms with Crippen molar-refractivity contribution in [3.8, 4) is 5.75 Å². The maximum Gasteiger partial charge on any atom is 0.416 e. The van der Waals surface area contributed by atoms with Gasteiger partial charge in [-0.2, -0.15) is 13.2 Å². The van der Waals surface area contributed by atoms with Gasteiger partial charge < -0.3 is 10.5 Å². The number of anilines is 1. The van der Waals surface area contributed by atoms with E-state index in [0.29, 0.717) is 6.42 Å². The van der Waals surface area contributed by atoms with Crippen molar-refractivity contribution in [3.05, 3.63) is 53.9 Å². The lowest BCUT2D eigenvalue weighted by molar-refractivity contribution is -0.137. The van der Waals surface area contributed by atoms with Crippen molar-refractivity contribution < 1.29 is 17.9 Å². The number of hydrogen-bond donors (Lipinski definition) is 1. The number of pyridine rings is 1. The molecule has 0 saturated heterocycles. The summed E-state index contributed by atoms with van der Waals surface area (Å²) in [6.07, 6.45) is -2.27. The van der Waals surface area contributed by atoms with Crippen molar-refractivity contribution >= 4 is 5.69 Å². The number of alkyl halides is 3. The highest BCUT2D eigenvalue weighted by Crippen LogP contribution is 2.33. The van der Waals surface area contributed by atoms with Gasteiger partial charge in [-0.15, -0.1) is 0 Å². The third-order valence-corrected chi connectivity index (χ3v) is 2.61. The van der Waals surface area contributed by atoms with Crippen LogP contribution in [-0.4, -0.2) is 11.6 Å². The molecule has 1 aromatic carbocycles. The number of ether oxygens (including phenoxy) is 1. The van der Waals surface area contributed by atoms with Gasteiger partial charge in [-0.1, -0.05) is 6.07 Å². The van der Waals surface area contributed by atoms with E-state index in [2.05, 4.69) is 4.98 Å². The summed E-state index contributed by atoms with van der Waals surface area (Å²) in [6.45, 7) is 0.234. The molecule has 2 aromatic rings. The molecule has 2 rings (SSSR count). The third kappa shape index (κ3) is 3.88. The van der Waals surface area contributed by atoms with Crippen molar-refractivity contribution in [1.29, 1.82) is 0 Å². The van der Waals surface area contributed by atoms with E-state index in [1.807, 2.05) is 12.1 Å². The zero-order chi connectivity index (χ0) is 14.6. The first-order chi connectivity index (χ1) is 9.45. The molecule has 0 aliphatic carbocycles. The first-order valence-corrected chi connectivity index (χ1v) is 5.95. The van der Waals surface area contributed by atoms with Gasteiger partial charge in [-0.25, -0.2) is 0 Å². The summed E-state index contributed by atoms with van der Waals surface area (Å²) in [7, 11) is 0. The fourth-order valence-corrected chi connectivity index (χ4v) is 1.69. The zero-order valence-corrected chi connectivity index (χ0v) is 10.5. The van der Waals surface area contributed by atoms with Crippen LogP contribution in [0.5, 0.6) is 5.75 Å². The van der Waals surface area contributed by atoms with E-state index >= 15 is 0 Å². The van der Waals surface area contributed by atoms with E-state index in [1.165, 1.54) is 6.07 Å². The maximum absolute atomic E-state index is 12.6. The first-order valence-electron chi connectivity index (χ1n) is 5.95. The molecule has 106 valence electrons. The number of rotatable bonds is 4. The summed E-state index contributed by atoms with van der Waals surface area (Å²) >= 11 is 0. The van der Waals surface area contributed by atoms with Gasteiger partial charge >= 0.3 is 6.18 Å². The molecule has 0 aliphatic heterocycles. The van der Waals surface area contributed by atoms with Crippen LogP contribution in [0.25, 0.3) is 0 Å². The summed E-state index contributed by atoms with van der Waals surface area (Å²) in [5, 5.41) is 0. The molecule has 0 unspecified atom stereocenters. The van der Waals surface area contributed by atoms with Gasteiger partial charge in [0.15, 0.2) is 0 Å². The Hall–Kier alpha value is -2.24. The van der Waals surface area contributed by atoms with Crippen molar-refractivity contribution in [2.24, 2.45) is 0 Å². The molecule has 1 heterocycles. The average Bonchev–Trinajstić information content (AvgIpc) is 2.38. The molecular formula is C14H13F3N2O. The number of nitrogens with zero attached hydrogens (tertiary/aromatic N) is 1. The van der Waals surface area contributed by atoms with Crippen molar-refractivity contribution in [3.63, 3.8) is 0 Å². The molecule has 0 radical (unpaired) electrons. The predicted octanol–water partition coefficient (Wildman–Crippen LogP) is 3.30. The van der Waals surface area contributed by atoms with Crippen LogP contribution in [0, 0.1) is 0 Å². The molecule has 0 fully saturated rings. The van der Waals surface area contributed by atoms with Gasteiger partial charge in [0.25, 0.3) is 0 Å². The van der Waals surface area contributed by atoms with Gasteiger partial charge in [-0.05, 0) is 24.3 Å². The molecule has 3 nitrogen and oxygen atoms in total. The summed E-state index contributed by atoms with van der Waals surface area (Å²) in [4.78, 5) is 4.10. The Morgan fingerprint density at radius 2 is 1.95 bits per heavy atom. The smallest absolute Gasteiger partial charge is 0.416 e. The Bertz CT molecular complexity index is 570. The standard InChI is InChI=1S/C14H13F3N2O/c15-14(16,17)10-7-11(18)9-13(8-10)20-6-4-12-3-1-2-5-19-12/h1-3,5,7-9H,4,6,18H2. The molecule has 0 saturated carbocycles. The van der Waals surface area contributed by atoms with Crippen molar-refractivity contribution in [2.45, 2.75) is 12.6 Å². The Labute approximate surface area is 114 Å². The molecule has 0 bridgehead atoms. The Morgan fingerprint density at radius 3 is 2.60 bits per heavy atom. The van der Waals surface area contributed by atoms with E-state index in [9.17, 15) is 13.2 Å². The Kier molecular flexibility index (Phi) is 4.12. The highest BCUT2D eigenvalue weighted by molar-refractivity contribution is 5.48. The second-order valence-electron chi connectivity index (χ2n) is 4.21. The Balaban J connectivity index is 2.01. The van der Waals surface area contributed by atoms with Crippen LogP contribution in [0.4, 0.5) is 18.9 Å². The lowest BCUT2D eigenvalue weighted by atomic mass is 10.2. The molecule has 2 N–H and O–H groups in total. The minimum atomic E-state index is -4.44. The summed E-state index contributed by atoms with van der Waals surface area (Å²) in [5.74, 6) is 0.105. The van der Waals surface area contributed by atoms with Crippen LogP contribution in [0.15, 0.2) is 42.6 Å². The number of halogens is 3. The van der Waals surface area contributed by atoms with Gasteiger partial charge in [0.05, 0.1) is 12.2 Å². The second-order valence-corrected chi connectivity index (χ2v) is 4.21. The van der Waals surface area contributed by atoms with Gasteiger partial charge in [0.2, 0.25) is 0 Å². The summed E-state index contributed by atoms with van der Waals surface area (Å²) in [5.41, 5.74) is 5.47. The number of benzene rings is 1. The highest BCUT2D eigenvalue weighted by atomic mass is 19.4. The van der Waals surface area contributed by atoms with E-state index in [4.69, 9.17) is 10.5 Å². The molecule has 6 heteroatoms. The minimum absolute atomic E-state index is 0.0210. The monoisotopic (exact) mass is 282 g/mol. The zero-order valence-electron chi connectivity index (χ0n) is 10.5. The van der Waals surface area contributed by atoms with Crippen LogP contribution < -0.4 is 10.5 Å². The van der Waals surface area contributed by atoms with Gasteiger partial charge in [-0.3, -0.25) is 4.98 Å². The van der Waals surface area contributed by atoms with Crippen LogP contribution in [0.1, 0.15) is 11.3 Å². The van der Waals surface area contributed by atoms with E-state index in [-0.39, 0.29) is 18.0 Å². The van der Waals surface area contributed by atoms with E-state index < -0.39 is 11.7 Å². The predicted molar refractivity (Wildman–Crippen MR) is 69.3 cm³/mol. The first kappa shape index (κ1) is 14.2.